The first-order valence-corrected chi connectivity index (χ1v) is 13.3. The number of carbonyl (C=O) groups is 2. The fourth-order valence-corrected chi connectivity index (χ4v) is 5.76. The molecule has 1 heterocycles. The van der Waals surface area contributed by atoms with Crippen molar-refractivity contribution in [3.8, 4) is 0 Å². The van der Waals surface area contributed by atoms with Gasteiger partial charge in [0.2, 0.25) is 0 Å². The standard InChI is InChI=1S/C34H31N3O2/c1-36(2)27-19-17-24(18-20-27)33-32-29(21-26(22-31(32)38)23-11-5-3-6-12-23)35-28-15-9-10-16-30(28)37(33)34(39)25-13-7-4-8-14-25/h3-20,26,33,35H,21-22H2,1-2H3/t26-,33-/m0/s1. The van der Waals surface area contributed by atoms with Gasteiger partial charge in [0.05, 0.1) is 17.4 Å². The third kappa shape index (κ3) is 4.61. The molecule has 5 nitrogen and oxygen atoms in total. The quantitative estimate of drug-likeness (QED) is 0.320. The molecular formula is C34H31N3O2. The van der Waals surface area contributed by atoms with Crippen molar-refractivity contribution in [2.75, 3.05) is 29.2 Å². The molecule has 1 N–H and O–H groups in total. The molecule has 0 fully saturated rings. The SMILES string of the molecule is CN(C)c1ccc([C@H]2C3=C(C[C@H](c4ccccc4)CC3=O)Nc3ccccc3N2C(=O)c2ccccc2)cc1. The lowest BCUT2D eigenvalue weighted by Crippen LogP contribution is -2.38. The molecule has 4 aromatic rings. The van der Waals surface area contributed by atoms with Crippen LogP contribution < -0.4 is 15.1 Å². The molecule has 0 saturated carbocycles. The predicted octanol–water partition coefficient (Wildman–Crippen LogP) is 6.97. The lowest BCUT2D eigenvalue weighted by molar-refractivity contribution is -0.116. The van der Waals surface area contributed by atoms with Crippen LogP contribution in [0.1, 0.15) is 46.3 Å². The summed E-state index contributed by atoms with van der Waals surface area (Å²) >= 11 is 0. The Labute approximate surface area is 229 Å². The van der Waals surface area contributed by atoms with Crippen molar-refractivity contribution in [1.82, 2.24) is 0 Å². The number of amides is 1. The Kier molecular flexibility index (Phi) is 6.49. The van der Waals surface area contributed by atoms with Gasteiger partial charge in [-0.3, -0.25) is 14.5 Å². The number of ketones is 1. The number of para-hydroxylation sites is 2. The molecule has 1 amide bonds. The second-order valence-electron chi connectivity index (χ2n) is 10.4. The number of carbonyl (C=O) groups excluding carboxylic acids is 2. The van der Waals surface area contributed by atoms with Crippen LogP contribution in [-0.2, 0) is 4.79 Å². The molecule has 39 heavy (non-hydrogen) atoms. The van der Waals surface area contributed by atoms with E-state index in [1.54, 1.807) is 0 Å². The van der Waals surface area contributed by atoms with Gasteiger partial charge < -0.3 is 10.2 Å². The maximum Gasteiger partial charge on any atom is 0.259 e. The van der Waals surface area contributed by atoms with Crippen LogP contribution in [-0.4, -0.2) is 25.8 Å². The van der Waals surface area contributed by atoms with Gasteiger partial charge in [0.1, 0.15) is 0 Å². The molecular weight excluding hydrogens is 482 g/mol. The van der Waals surface area contributed by atoms with Crippen LogP contribution >= 0.6 is 0 Å². The minimum absolute atomic E-state index is 0.0676. The summed E-state index contributed by atoms with van der Waals surface area (Å²) in [4.78, 5) is 32.3. The molecule has 4 aromatic carbocycles. The van der Waals surface area contributed by atoms with Gasteiger partial charge >= 0.3 is 0 Å². The zero-order valence-electron chi connectivity index (χ0n) is 22.2. The summed E-state index contributed by atoms with van der Waals surface area (Å²) in [5.74, 6) is 0.00137. The largest absolute Gasteiger partial charge is 0.378 e. The summed E-state index contributed by atoms with van der Waals surface area (Å²) in [5.41, 5.74) is 6.83. The molecule has 194 valence electrons. The van der Waals surface area contributed by atoms with E-state index in [4.69, 9.17) is 0 Å². The summed E-state index contributed by atoms with van der Waals surface area (Å²) < 4.78 is 0. The van der Waals surface area contributed by atoms with Gasteiger partial charge in [-0.05, 0) is 59.9 Å². The smallest absolute Gasteiger partial charge is 0.259 e. The van der Waals surface area contributed by atoms with E-state index in [1.807, 2.05) is 121 Å². The van der Waals surface area contributed by atoms with Gasteiger partial charge in [-0.2, -0.15) is 0 Å². The summed E-state index contributed by atoms with van der Waals surface area (Å²) in [6.07, 6.45) is 1.10. The van der Waals surface area contributed by atoms with Gasteiger partial charge in [-0.1, -0.05) is 72.8 Å². The number of nitrogens with one attached hydrogen (secondary N) is 1. The van der Waals surface area contributed by atoms with Crippen LogP contribution in [0, 0.1) is 0 Å². The highest BCUT2D eigenvalue weighted by molar-refractivity contribution is 6.12. The van der Waals surface area contributed by atoms with Gasteiger partial charge in [0.25, 0.3) is 5.91 Å². The van der Waals surface area contributed by atoms with Crippen LogP contribution in [0.4, 0.5) is 17.1 Å². The number of Topliss-reactive ketones (excluding diaryl/α,β-unsaturated/α-hetero) is 1. The third-order valence-electron chi connectivity index (χ3n) is 7.72. The zero-order valence-corrected chi connectivity index (χ0v) is 22.2. The summed E-state index contributed by atoms with van der Waals surface area (Å²) in [7, 11) is 4.00. The van der Waals surface area contributed by atoms with Gasteiger partial charge in [-0.15, -0.1) is 0 Å². The molecule has 6 rings (SSSR count). The minimum Gasteiger partial charge on any atom is -0.378 e. The second kappa shape index (κ2) is 10.3. The zero-order chi connectivity index (χ0) is 26.9. The Bertz CT molecular complexity index is 1540. The van der Waals surface area contributed by atoms with Crippen molar-refractivity contribution >= 4 is 28.8 Å². The molecule has 2 aliphatic rings. The van der Waals surface area contributed by atoms with Crippen LogP contribution in [0.2, 0.25) is 0 Å². The lowest BCUT2D eigenvalue weighted by atomic mass is 9.78. The Balaban J connectivity index is 1.56. The number of allylic oxidation sites excluding steroid dienone is 1. The molecule has 0 saturated heterocycles. The monoisotopic (exact) mass is 513 g/mol. The normalized spacial score (nSPS) is 18.5. The highest BCUT2D eigenvalue weighted by Gasteiger charge is 2.41. The third-order valence-corrected chi connectivity index (χ3v) is 7.72. The minimum atomic E-state index is -0.565. The number of rotatable bonds is 4. The lowest BCUT2D eigenvalue weighted by Gasteiger charge is -2.35. The van der Waals surface area contributed by atoms with E-state index in [0.717, 1.165) is 33.9 Å². The molecule has 0 radical (unpaired) electrons. The van der Waals surface area contributed by atoms with E-state index >= 15 is 0 Å². The van der Waals surface area contributed by atoms with Crippen molar-refractivity contribution in [2.45, 2.75) is 24.8 Å². The fraction of sp³-hybridized carbons (Fsp3) is 0.176. The Morgan fingerprint density at radius 2 is 1.41 bits per heavy atom. The maximum atomic E-state index is 14.3. The van der Waals surface area contributed by atoms with Gasteiger partial charge in [0, 0.05) is 43.0 Å². The van der Waals surface area contributed by atoms with Gasteiger partial charge in [-0.25, -0.2) is 0 Å². The van der Waals surface area contributed by atoms with Crippen LogP contribution in [0.25, 0.3) is 0 Å². The molecule has 5 heteroatoms. The molecule has 0 spiro atoms. The summed E-state index contributed by atoms with van der Waals surface area (Å²) in [6, 6.07) is 35.0. The van der Waals surface area contributed by atoms with Crippen LogP contribution in [0.3, 0.4) is 0 Å². The van der Waals surface area contributed by atoms with Crippen molar-refractivity contribution in [3.05, 3.63) is 137 Å². The maximum absolute atomic E-state index is 14.3. The van der Waals surface area contributed by atoms with Crippen LogP contribution in [0.5, 0.6) is 0 Å². The Hall–Kier alpha value is -4.64. The molecule has 0 bridgehead atoms. The highest BCUT2D eigenvalue weighted by Crippen LogP contribution is 2.48. The summed E-state index contributed by atoms with van der Waals surface area (Å²) in [6.45, 7) is 0. The van der Waals surface area contributed by atoms with E-state index < -0.39 is 6.04 Å². The van der Waals surface area contributed by atoms with Crippen molar-refractivity contribution in [1.29, 1.82) is 0 Å². The first-order valence-electron chi connectivity index (χ1n) is 13.3. The topological polar surface area (TPSA) is 52.7 Å². The molecule has 0 unspecified atom stereocenters. The molecule has 1 aliphatic carbocycles. The van der Waals surface area contributed by atoms with Crippen LogP contribution in [0.15, 0.2) is 120 Å². The van der Waals surface area contributed by atoms with Crippen molar-refractivity contribution in [3.63, 3.8) is 0 Å². The van der Waals surface area contributed by atoms with Crippen molar-refractivity contribution in [2.24, 2.45) is 0 Å². The van der Waals surface area contributed by atoms with E-state index in [-0.39, 0.29) is 17.6 Å². The first-order chi connectivity index (χ1) is 19.0. The number of hydrogen-bond acceptors (Lipinski definition) is 4. The second-order valence-corrected chi connectivity index (χ2v) is 10.4. The highest BCUT2D eigenvalue weighted by atomic mass is 16.2. The number of benzene rings is 4. The van der Waals surface area contributed by atoms with Crippen molar-refractivity contribution < 1.29 is 9.59 Å². The number of hydrogen-bond donors (Lipinski definition) is 1. The summed E-state index contributed by atoms with van der Waals surface area (Å²) in [5, 5.41) is 3.61. The number of anilines is 3. The average molecular weight is 514 g/mol. The van der Waals surface area contributed by atoms with E-state index in [2.05, 4.69) is 17.4 Å². The molecule has 1 aliphatic heterocycles. The molecule has 0 aromatic heterocycles. The Morgan fingerprint density at radius 1 is 0.769 bits per heavy atom. The Morgan fingerprint density at radius 3 is 2.10 bits per heavy atom. The van der Waals surface area contributed by atoms with E-state index in [1.165, 1.54) is 0 Å². The average Bonchev–Trinajstić information content (AvgIpc) is 3.12. The first kappa shape index (κ1) is 24.7. The fourth-order valence-electron chi connectivity index (χ4n) is 5.76. The van der Waals surface area contributed by atoms with E-state index in [0.29, 0.717) is 24.0 Å². The molecule has 2 atom stereocenters. The number of nitrogens with zero attached hydrogens (tertiary/aromatic N) is 2. The van der Waals surface area contributed by atoms with Gasteiger partial charge in [0.15, 0.2) is 5.78 Å². The number of fused-ring (bicyclic) bond motifs is 1. The predicted molar refractivity (Wildman–Crippen MR) is 157 cm³/mol. The van der Waals surface area contributed by atoms with E-state index in [9.17, 15) is 9.59 Å².